The Hall–Kier alpha value is -2.42. The van der Waals surface area contributed by atoms with Crippen LogP contribution in [0.15, 0.2) is 29.2 Å². The fourth-order valence-electron chi connectivity index (χ4n) is 1.75. The number of sulfone groups is 1. The molecule has 0 saturated heterocycles. The van der Waals surface area contributed by atoms with Crippen LogP contribution in [0.1, 0.15) is 30.1 Å². The lowest BCUT2D eigenvalue weighted by Crippen LogP contribution is -2.41. The van der Waals surface area contributed by atoms with Crippen molar-refractivity contribution in [1.29, 1.82) is 0 Å². The molecule has 24 heavy (non-hydrogen) atoms. The van der Waals surface area contributed by atoms with Crippen LogP contribution in [-0.4, -0.2) is 45.7 Å². The minimum Gasteiger partial charge on any atom is -0.452 e. The summed E-state index contributed by atoms with van der Waals surface area (Å²) < 4.78 is 28.0. The number of unbranched alkanes of at least 4 members (excludes halogenated alkanes) is 1. The molecular formula is C15H20N2O6S. The van der Waals surface area contributed by atoms with E-state index in [1.165, 1.54) is 24.3 Å². The van der Waals surface area contributed by atoms with Gasteiger partial charge in [-0.05, 0) is 18.6 Å². The lowest BCUT2D eigenvalue weighted by Gasteiger charge is -2.09. The van der Waals surface area contributed by atoms with E-state index in [0.29, 0.717) is 6.54 Å². The summed E-state index contributed by atoms with van der Waals surface area (Å²) in [6.07, 6.45) is 2.64. The molecule has 0 aromatic heterocycles. The molecule has 0 unspecified atom stereocenters. The Labute approximate surface area is 140 Å². The fourth-order valence-corrected chi connectivity index (χ4v) is 2.63. The summed E-state index contributed by atoms with van der Waals surface area (Å²) in [5.41, 5.74) is -0.166. The van der Waals surface area contributed by atoms with Crippen molar-refractivity contribution in [2.75, 3.05) is 19.4 Å². The van der Waals surface area contributed by atoms with Gasteiger partial charge in [0.1, 0.15) is 0 Å². The summed E-state index contributed by atoms with van der Waals surface area (Å²) in [6, 6.07) is 4.83. The second kappa shape index (κ2) is 9.02. The zero-order chi connectivity index (χ0) is 18.2. The SMILES string of the molecule is CCCCNC(=O)NC(=O)COC(=O)c1ccccc1S(C)(=O)=O. The first-order chi connectivity index (χ1) is 11.3. The Bertz CT molecular complexity index is 714. The molecule has 0 heterocycles. The highest BCUT2D eigenvalue weighted by molar-refractivity contribution is 7.90. The van der Waals surface area contributed by atoms with Gasteiger partial charge in [-0.25, -0.2) is 18.0 Å². The highest BCUT2D eigenvalue weighted by Gasteiger charge is 2.20. The molecule has 1 aromatic carbocycles. The van der Waals surface area contributed by atoms with Gasteiger partial charge in [-0.15, -0.1) is 0 Å². The number of hydrogen-bond donors (Lipinski definition) is 2. The maximum Gasteiger partial charge on any atom is 0.339 e. The van der Waals surface area contributed by atoms with E-state index in [2.05, 4.69) is 5.32 Å². The van der Waals surface area contributed by atoms with Crippen molar-refractivity contribution < 1.29 is 27.5 Å². The van der Waals surface area contributed by atoms with E-state index in [9.17, 15) is 22.8 Å². The molecule has 0 spiro atoms. The van der Waals surface area contributed by atoms with Gasteiger partial charge in [-0.3, -0.25) is 10.1 Å². The van der Waals surface area contributed by atoms with Gasteiger partial charge in [-0.1, -0.05) is 25.5 Å². The van der Waals surface area contributed by atoms with E-state index in [0.717, 1.165) is 19.1 Å². The number of rotatable bonds is 7. The Kier molecular flexibility index (Phi) is 7.37. The summed E-state index contributed by atoms with van der Waals surface area (Å²) >= 11 is 0. The lowest BCUT2D eigenvalue weighted by molar-refractivity contribution is -0.123. The number of carbonyl (C=O) groups excluding carboxylic acids is 3. The third-order valence-electron chi connectivity index (χ3n) is 2.91. The maximum atomic E-state index is 11.9. The highest BCUT2D eigenvalue weighted by Crippen LogP contribution is 2.16. The Morgan fingerprint density at radius 1 is 1.17 bits per heavy atom. The smallest absolute Gasteiger partial charge is 0.339 e. The van der Waals surface area contributed by atoms with Crippen LogP contribution in [0.4, 0.5) is 4.79 Å². The first-order valence-corrected chi connectivity index (χ1v) is 9.18. The summed E-state index contributed by atoms with van der Waals surface area (Å²) in [5.74, 6) is -1.77. The number of amides is 3. The monoisotopic (exact) mass is 356 g/mol. The molecule has 132 valence electrons. The van der Waals surface area contributed by atoms with Crippen molar-refractivity contribution in [3.8, 4) is 0 Å². The molecule has 0 atom stereocenters. The van der Waals surface area contributed by atoms with Crippen molar-refractivity contribution in [3.05, 3.63) is 29.8 Å². The number of hydrogen-bond acceptors (Lipinski definition) is 6. The first-order valence-electron chi connectivity index (χ1n) is 7.29. The van der Waals surface area contributed by atoms with Crippen LogP contribution < -0.4 is 10.6 Å². The molecule has 2 N–H and O–H groups in total. The summed E-state index contributed by atoms with van der Waals surface area (Å²) in [7, 11) is -3.61. The van der Waals surface area contributed by atoms with Crippen LogP contribution in [0.25, 0.3) is 0 Å². The predicted octanol–water partition coefficient (Wildman–Crippen LogP) is 0.873. The van der Waals surface area contributed by atoms with Crippen LogP contribution in [0.5, 0.6) is 0 Å². The number of esters is 1. The van der Waals surface area contributed by atoms with E-state index < -0.39 is 34.4 Å². The van der Waals surface area contributed by atoms with Gasteiger partial charge in [0.05, 0.1) is 10.5 Å². The molecule has 0 aliphatic rings. The Morgan fingerprint density at radius 2 is 1.83 bits per heavy atom. The second-order valence-electron chi connectivity index (χ2n) is 5.00. The highest BCUT2D eigenvalue weighted by atomic mass is 32.2. The Morgan fingerprint density at radius 3 is 2.46 bits per heavy atom. The van der Waals surface area contributed by atoms with Crippen LogP contribution in [-0.2, 0) is 19.4 Å². The van der Waals surface area contributed by atoms with Gasteiger partial charge in [0.25, 0.3) is 5.91 Å². The largest absolute Gasteiger partial charge is 0.452 e. The summed E-state index contributed by atoms with van der Waals surface area (Å²) in [6.45, 7) is 1.69. The summed E-state index contributed by atoms with van der Waals surface area (Å²) in [4.78, 5) is 34.7. The van der Waals surface area contributed by atoms with E-state index in [1.54, 1.807) is 0 Å². The first kappa shape index (κ1) is 19.6. The molecule has 0 saturated carbocycles. The number of urea groups is 1. The third kappa shape index (κ3) is 6.37. The van der Waals surface area contributed by atoms with Crippen molar-refractivity contribution in [2.24, 2.45) is 0 Å². The molecule has 0 aliphatic carbocycles. The van der Waals surface area contributed by atoms with Gasteiger partial charge in [0, 0.05) is 12.8 Å². The average molecular weight is 356 g/mol. The second-order valence-corrected chi connectivity index (χ2v) is 6.99. The molecule has 8 nitrogen and oxygen atoms in total. The number of carbonyl (C=O) groups is 3. The van der Waals surface area contributed by atoms with Crippen molar-refractivity contribution in [3.63, 3.8) is 0 Å². The van der Waals surface area contributed by atoms with Crippen LogP contribution in [0.3, 0.4) is 0 Å². The average Bonchev–Trinajstić information content (AvgIpc) is 2.52. The maximum absolute atomic E-state index is 11.9. The predicted molar refractivity (Wildman–Crippen MR) is 86.3 cm³/mol. The van der Waals surface area contributed by atoms with Gasteiger partial charge < -0.3 is 10.1 Å². The van der Waals surface area contributed by atoms with Gasteiger partial charge in [0.2, 0.25) is 0 Å². The van der Waals surface area contributed by atoms with E-state index >= 15 is 0 Å². The molecule has 9 heteroatoms. The van der Waals surface area contributed by atoms with Crippen LogP contribution in [0.2, 0.25) is 0 Å². The van der Waals surface area contributed by atoms with Crippen LogP contribution >= 0.6 is 0 Å². The quantitative estimate of drug-likeness (QED) is 0.553. The molecule has 1 rings (SSSR count). The van der Waals surface area contributed by atoms with Crippen LogP contribution in [0, 0.1) is 0 Å². The molecular weight excluding hydrogens is 336 g/mol. The molecule has 1 aromatic rings. The topological polar surface area (TPSA) is 119 Å². The molecule has 0 radical (unpaired) electrons. The van der Waals surface area contributed by atoms with E-state index in [-0.39, 0.29) is 10.5 Å². The molecule has 0 bridgehead atoms. The zero-order valence-corrected chi connectivity index (χ0v) is 14.3. The Balaban J connectivity index is 2.58. The summed E-state index contributed by atoms with van der Waals surface area (Å²) in [5, 5.41) is 4.48. The standard InChI is InChI=1S/C15H20N2O6S/c1-3-4-9-16-15(20)17-13(18)10-23-14(19)11-7-5-6-8-12(11)24(2,21)22/h5-8H,3-4,9-10H2,1-2H3,(H2,16,17,18,20). The van der Waals surface area contributed by atoms with Gasteiger partial charge in [-0.2, -0.15) is 0 Å². The fraction of sp³-hybridized carbons (Fsp3) is 0.400. The molecule has 0 aliphatic heterocycles. The zero-order valence-electron chi connectivity index (χ0n) is 13.5. The molecule has 3 amide bonds. The van der Waals surface area contributed by atoms with Crippen molar-refractivity contribution >= 4 is 27.7 Å². The number of imide groups is 1. The van der Waals surface area contributed by atoms with Gasteiger partial charge >= 0.3 is 12.0 Å². The normalized spacial score (nSPS) is 10.8. The molecule has 0 fully saturated rings. The van der Waals surface area contributed by atoms with Crippen molar-refractivity contribution in [1.82, 2.24) is 10.6 Å². The minimum absolute atomic E-state index is 0.166. The lowest BCUT2D eigenvalue weighted by atomic mass is 10.2. The third-order valence-corrected chi connectivity index (χ3v) is 4.06. The number of benzene rings is 1. The number of ether oxygens (including phenoxy) is 1. The number of nitrogens with one attached hydrogen (secondary N) is 2. The minimum atomic E-state index is -3.61. The van der Waals surface area contributed by atoms with Crippen molar-refractivity contribution in [2.45, 2.75) is 24.7 Å². The van der Waals surface area contributed by atoms with Gasteiger partial charge in [0.15, 0.2) is 16.4 Å². The van der Waals surface area contributed by atoms with E-state index in [1.807, 2.05) is 12.2 Å². The van der Waals surface area contributed by atoms with E-state index in [4.69, 9.17) is 4.74 Å².